The second kappa shape index (κ2) is 13.6. The summed E-state index contributed by atoms with van der Waals surface area (Å²) in [6, 6.07) is 4.16. The molecule has 0 aromatic carbocycles. The number of aliphatic imine (C=N–C) groups is 1. The van der Waals surface area contributed by atoms with Crippen molar-refractivity contribution in [1.29, 1.82) is 0 Å². The third-order valence-electron chi connectivity index (χ3n) is 5.13. The van der Waals surface area contributed by atoms with Gasteiger partial charge in [-0.1, -0.05) is 6.92 Å². The van der Waals surface area contributed by atoms with Crippen LogP contribution in [0, 0.1) is 0 Å². The molecule has 0 spiro atoms. The highest BCUT2D eigenvalue weighted by Gasteiger charge is 2.25. The van der Waals surface area contributed by atoms with Gasteiger partial charge in [-0.05, 0) is 38.1 Å². The van der Waals surface area contributed by atoms with Crippen molar-refractivity contribution in [2.75, 3.05) is 46.4 Å². The molecule has 2 N–H and O–H groups in total. The van der Waals surface area contributed by atoms with E-state index < -0.39 is 0 Å². The summed E-state index contributed by atoms with van der Waals surface area (Å²) < 4.78 is 12.9. The largest absolute Gasteiger partial charge is 0.468 e. The number of halogens is 1. The van der Waals surface area contributed by atoms with E-state index in [0.29, 0.717) is 19.7 Å². The number of guanidine groups is 1. The van der Waals surface area contributed by atoms with Crippen molar-refractivity contribution < 1.29 is 9.15 Å². The van der Waals surface area contributed by atoms with Crippen molar-refractivity contribution in [3.8, 4) is 0 Å². The molecule has 1 aliphatic rings. The summed E-state index contributed by atoms with van der Waals surface area (Å²) in [4.78, 5) is 7.31. The summed E-state index contributed by atoms with van der Waals surface area (Å²) >= 11 is 0. The number of aryl methyl sites for hydroxylation is 1. The Balaban J connectivity index is 0.00000320. The van der Waals surface area contributed by atoms with E-state index in [4.69, 9.17) is 14.1 Å². The molecule has 1 atom stereocenters. The van der Waals surface area contributed by atoms with Crippen LogP contribution in [0.1, 0.15) is 37.4 Å². The lowest BCUT2D eigenvalue weighted by atomic mass is 10.2. The highest BCUT2D eigenvalue weighted by atomic mass is 127. The fourth-order valence-electron chi connectivity index (χ4n) is 3.58. The average molecular weight is 531 g/mol. The molecule has 1 unspecified atom stereocenters. The van der Waals surface area contributed by atoms with Gasteiger partial charge in [-0.3, -0.25) is 9.89 Å². The third kappa shape index (κ3) is 7.24. The highest BCUT2D eigenvalue weighted by Crippen LogP contribution is 2.25. The van der Waals surface area contributed by atoms with Gasteiger partial charge in [-0.25, -0.2) is 0 Å². The molecule has 3 heterocycles. The van der Waals surface area contributed by atoms with Crippen LogP contribution in [0.2, 0.25) is 0 Å². The molecule has 0 bridgehead atoms. The molecule has 0 amide bonds. The first-order valence-corrected chi connectivity index (χ1v) is 10.5. The van der Waals surface area contributed by atoms with Gasteiger partial charge in [0.1, 0.15) is 17.9 Å². The van der Waals surface area contributed by atoms with Crippen molar-refractivity contribution >= 4 is 29.9 Å². The molecular formula is C20H34IN7O2. The first-order chi connectivity index (χ1) is 14.3. The van der Waals surface area contributed by atoms with Crippen LogP contribution in [-0.2, 0) is 17.7 Å². The van der Waals surface area contributed by atoms with E-state index in [1.165, 1.54) is 12.8 Å². The lowest BCUT2D eigenvalue weighted by Crippen LogP contribution is -2.41. The van der Waals surface area contributed by atoms with Gasteiger partial charge >= 0.3 is 0 Å². The minimum Gasteiger partial charge on any atom is -0.468 e. The minimum atomic E-state index is 0. The fourth-order valence-corrected chi connectivity index (χ4v) is 3.58. The first kappa shape index (κ1) is 24.6. The zero-order valence-electron chi connectivity index (χ0n) is 17.9. The van der Waals surface area contributed by atoms with Gasteiger partial charge < -0.3 is 24.4 Å². The number of hydrogen-bond donors (Lipinski definition) is 2. The summed E-state index contributed by atoms with van der Waals surface area (Å²) in [5.74, 6) is 2.75. The van der Waals surface area contributed by atoms with Gasteiger partial charge in [-0.2, -0.15) is 0 Å². The van der Waals surface area contributed by atoms with Crippen LogP contribution in [0.15, 0.2) is 34.1 Å². The van der Waals surface area contributed by atoms with Gasteiger partial charge in [0.05, 0.1) is 25.5 Å². The number of nitrogens with zero attached hydrogens (tertiary/aromatic N) is 5. The van der Waals surface area contributed by atoms with Crippen molar-refractivity contribution in [2.45, 2.75) is 38.8 Å². The molecular weight excluding hydrogens is 497 g/mol. The number of likely N-dealkylation sites (tertiary alicyclic amines) is 1. The molecule has 2 aromatic rings. The number of hydrogen-bond acceptors (Lipinski definition) is 6. The summed E-state index contributed by atoms with van der Waals surface area (Å²) in [7, 11) is 1.70. The zero-order valence-corrected chi connectivity index (χ0v) is 20.2. The van der Waals surface area contributed by atoms with E-state index in [9.17, 15) is 0 Å². The monoisotopic (exact) mass is 531 g/mol. The maximum absolute atomic E-state index is 5.71. The Morgan fingerprint density at radius 1 is 1.30 bits per heavy atom. The first-order valence-electron chi connectivity index (χ1n) is 10.5. The van der Waals surface area contributed by atoms with Crippen LogP contribution < -0.4 is 10.6 Å². The zero-order chi connectivity index (χ0) is 20.3. The maximum Gasteiger partial charge on any atom is 0.191 e. The molecule has 0 aliphatic carbocycles. The van der Waals surface area contributed by atoms with Crippen molar-refractivity contribution in [3.63, 3.8) is 0 Å². The van der Waals surface area contributed by atoms with Gasteiger partial charge in [0.25, 0.3) is 0 Å². The number of aromatic nitrogens is 3. The quantitative estimate of drug-likeness (QED) is 0.199. The number of nitrogens with one attached hydrogen (secondary N) is 2. The molecule has 0 radical (unpaired) electrons. The average Bonchev–Trinajstić information content (AvgIpc) is 3.50. The molecule has 1 saturated heterocycles. The Kier molecular flexibility index (Phi) is 11.2. The summed E-state index contributed by atoms with van der Waals surface area (Å²) in [6.07, 6.45) is 6.85. The Hall–Kier alpha value is -1.66. The predicted octanol–water partition coefficient (Wildman–Crippen LogP) is 2.07. The van der Waals surface area contributed by atoms with Crippen LogP contribution in [0.4, 0.5) is 0 Å². The highest BCUT2D eigenvalue weighted by molar-refractivity contribution is 14.0. The summed E-state index contributed by atoms with van der Waals surface area (Å²) in [5, 5.41) is 14.9. The van der Waals surface area contributed by atoms with Gasteiger partial charge in [-0.15, -0.1) is 34.2 Å². The van der Waals surface area contributed by atoms with Crippen molar-refractivity contribution in [3.05, 3.63) is 36.3 Å². The molecule has 1 aliphatic heterocycles. The number of rotatable bonds is 11. The van der Waals surface area contributed by atoms with Crippen LogP contribution in [0.5, 0.6) is 0 Å². The summed E-state index contributed by atoms with van der Waals surface area (Å²) in [5.41, 5.74) is 0. The SMILES string of the molecule is CCc1nncn1CCNC(=NCC(c1ccco1)N1CCCC1)NCCOC.I. The van der Waals surface area contributed by atoms with Crippen molar-refractivity contribution in [2.24, 2.45) is 4.99 Å². The summed E-state index contributed by atoms with van der Waals surface area (Å²) in [6.45, 7) is 7.75. The van der Waals surface area contributed by atoms with E-state index in [-0.39, 0.29) is 30.0 Å². The standard InChI is InChI=1S/C20H33N7O2.HI/c1-3-19-25-24-16-27(19)12-8-21-20(22-9-14-28-2)23-15-17(18-7-6-13-29-18)26-10-4-5-11-26;/h6-7,13,16-17H,3-5,8-12,14-15H2,1-2H3,(H2,21,22,23);1H. The molecule has 1 fully saturated rings. The van der Waals surface area contributed by atoms with Crippen LogP contribution in [0.3, 0.4) is 0 Å². The topological polar surface area (TPSA) is 92.7 Å². The van der Waals surface area contributed by atoms with Crippen molar-refractivity contribution in [1.82, 2.24) is 30.3 Å². The molecule has 30 heavy (non-hydrogen) atoms. The van der Waals surface area contributed by atoms with E-state index >= 15 is 0 Å². The van der Waals surface area contributed by atoms with E-state index in [1.54, 1.807) is 19.7 Å². The fraction of sp³-hybridized carbons (Fsp3) is 0.650. The minimum absolute atomic E-state index is 0. The molecule has 9 nitrogen and oxygen atoms in total. The molecule has 168 valence electrons. The van der Waals surface area contributed by atoms with Gasteiger partial charge in [0, 0.05) is 33.2 Å². The molecule has 3 rings (SSSR count). The van der Waals surface area contributed by atoms with E-state index in [2.05, 4.69) is 37.2 Å². The third-order valence-corrected chi connectivity index (χ3v) is 5.13. The Bertz CT molecular complexity index is 729. The normalized spacial score (nSPS) is 15.7. The lowest BCUT2D eigenvalue weighted by molar-refractivity contribution is 0.203. The second-order valence-corrected chi connectivity index (χ2v) is 7.10. The predicted molar refractivity (Wildman–Crippen MR) is 127 cm³/mol. The Morgan fingerprint density at radius 2 is 2.10 bits per heavy atom. The Morgan fingerprint density at radius 3 is 2.80 bits per heavy atom. The van der Waals surface area contributed by atoms with Gasteiger partial charge in [0.2, 0.25) is 0 Å². The lowest BCUT2D eigenvalue weighted by Gasteiger charge is -2.24. The van der Waals surface area contributed by atoms with Crippen LogP contribution >= 0.6 is 24.0 Å². The maximum atomic E-state index is 5.71. The number of methoxy groups -OCH3 is 1. The molecule has 2 aromatic heterocycles. The number of ether oxygens (including phenoxy) is 1. The van der Waals surface area contributed by atoms with Gasteiger partial charge in [0.15, 0.2) is 5.96 Å². The Labute approximate surface area is 195 Å². The molecule has 10 heteroatoms. The molecule has 0 saturated carbocycles. The smallest absolute Gasteiger partial charge is 0.191 e. The van der Waals surface area contributed by atoms with Crippen LogP contribution in [-0.4, -0.2) is 72.1 Å². The van der Waals surface area contributed by atoms with Crippen LogP contribution in [0.25, 0.3) is 0 Å². The van der Waals surface area contributed by atoms with E-state index in [0.717, 1.165) is 50.1 Å². The van der Waals surface area contributed by atoms with E-state index in [1.807, 2.05) is 12.1 Å². The number of furan rings is 1. The second-order valence-electron chi connectivity index (χ2n) is 7.10.